The quantitative estimate of drug-likeness (QED) is 0.378. The fraction of sp³-hybridized carbons (Fsp3) is 0.148. The summed E-state index contributed by atoms with van der Waals surface area (Å²) in [5.41, 5.74) is 2.83. The Morgan fingerprint density at radius 3 is 2.54 bits per heavy atom. The van der Waals surface area contributed by atoms with Crippen LogP contribution < -0.4 is 14.9 Å². The fourth-order valence-corrected chi connectivity index (χ4v) is 5.97. The molecule has 2 aromatic heterocycles. The van der Waals surface area contributed by atoms with Crippen molar-refractivity contribution in [2.24, 2.45) is 4.99 Å². The molecular formula is C27H21FN2O3S2. The monoisotopic (exact) mass is 504 g/mol. The summed E-state index contributed by atoms with van der Waals surface area (Å²) < 4.78 is 21.3. The number of aromatic nitrogens is 1. The minimum atomic E-state index is -0.812. The van der Waals surface area contributed by atoms with Gasteiger partial charge in [-0.1, -0.05) is 53.8 Å². The van der Waals surface area contributed by atoms with Gasteiger partial charge in [0.25, 0.3) is 5.56 Å². The Morgan fingerprint density at radius 2 is 1.89 bits per heavy atom. The zero-order valence-electron chi connectivity index (χ0n) is 19.0. The second-order valence-electron chi connectivity index (χ2n) is 7.95. The van der Waals surface area contributed by atoms with Crippen molar-refractivity contribution in [3.05, 3.63) is 119 Å². The molecule has 176 valence electrons. The van der Waals surface area contributed by atoms with E-state index >= 15 is 0 Å². The van der Waals surface area contributed by atoms with Crippen LogP contribution in [0.2, 0.25) is 0 Å². The van der Waals surface area contributed by atoms with Gasteiger partial charge in [-0.2, -0.15) is 0 Å². The number of aryl methyl sites for hydroxylation is 1. The molecular weight excluding hydrogens is 483 g/mol. The third-order valence-corrected chi connectivity index (χ3v) is 7.67. The molecule has 1 atom stereocenters. The number of thiazole rings is 1. The topological polar surface area (TPSA) is 60.7 Å². The van der Waals surface area contributed by atoms with E-state index in [1.54, 1.807) is 30.4 Å². The van der Waals surface area contributed by atoms with E-state index in [0.717, 1.165) is 16.0 Å². The smallest absolute Gasteiger partial charge is 0.338 e. The highest BCUT2D eigenvalue weighted by Crippen LogP contribution is 2.35. The first-order valence-corrected chi connectivity index (χ1v) is 12.8. The van der Waals surface area contributed by atoms with Gasteiger partial charge in [0.05, 0.1) is 28.5 Å². The van der Waals surface area contributed by atoms with Crippen LogP contribution in [0.25, 0.3) is 11.8 Å². The van der Waals surface area contributed by atoms with Gasteiger partial charge in [0.1, 0.15) is 5.82 Å². The van der Waals surface area contributed by atoms with Gasteiger partial charge in [0.15, 0.2) is 4.80 Å². The van der Waals surface area contributed by atoms with Gasteiger partial charge in [-0.25, -0.2) is 14.2 Å². The third-order valence-electron chi connectivity index (χ3n) is 5.72. The molecule has 0 aliphatic carbocycles. The minimum absolute atomic E-state index is 0.169. The minimum Gasteiger partial charge on any atom is -0.463 e. The molecule has 5 nitrogen and oxygen atoms in total. The number of thiophene rings is 1. The van der Waals surface area contributed by atoms with E-state index in [9.17, 15) is 14.0 Å². The maximum absolute atomic E-state index is 13.8. The van der Waals surface area contributed by atoms with Crippen LogP contribution in [-0.4, -0.2) is 17.1 Å². The van der Waals surface area contributed by atoms with Gasteiger partial charge in [-0.05, 0) is 54.6 Å². The molecule has 5 rings (SSSR count). The Morgan fingerprint density at radius 1 is 1.14 bits per heavy atom. The molecule has 0 saturated carbocycles. The van der Waals surface area contributed by atoms with Crippen molar-refractivity contribution < 1.29 is 13.9 Å². The van der Waals surface area contributed by atoms with Crippen LogP contribution in [0.15, 0.2) is 81.4 Å². The van der Waals surface area contributed by atoms with Crippen molar-refractivity contribution in [2.45, 2.75) is 19.9 Å². The molecule has 8 heteroatoms. The molecule has 0 spiro atoms. The van der Waals surface area contributed by atoms with Crippen LogP contribution in [0.3, 0.4) is 0 Å². The molecule has 0 saturated heterocycles. The van der Waals surface area contributed by atoms with E-state index in [-0.39, 0.29) is 17.7 Å². The molecule has 1 aliphatic rings. The molecule has 0 bridgehead atoms. The zero-order chi connectivity index (χ0) is 24.5. The summed E-state index contributed by atoms with van der Waals surface area (Å²) in [6.07, 6.45) is 1.86. The van der Waals surface area contributed by atoms with E-state index < -0.39 is 17.8 Å². The maximum atomic E-state index is 13.8. The number of rotatable bonds is 5. The molecule has 2 aromatic carbocycles. The van der Waals surface area contributed by atoms with Crippen LogP contribution in [-0.2, 0) is 9.53 Å². The van der Waals surface area contributed by atoms with E-state index in [2.05, 4.69) is 0 Å². The van der Waals surface area contributed by atoms with E-state index in [4.69, 9.17) is 9.73 Å². The van der Waals surface area contributed by atoms with Gasteiger partial charge < -0.3 is 4.74 Å². The average molecular weight is 505 g/mol. The standard InChI is InChI=1S/C27H21FN2O3S2/c1-3-33-26(32)22-23(17-7-5-4-6-8-17)29-27-30(24(22)18-9-11-19(28)12-10-18)25(31)21(35-27)15-20-16(2)13-14-34-20/h4-15,24H,3H2,1-2H3/b21-15+. The van der Waals surface area contributed by atoms with Gasteiger partial charge in [0, 0.05) is 10.4 Å². The number of ether oxygens (including phenoxy) is 1. The predicted molar refractivity (Wildman–Crippen MR) is 137 cm³/mol. The Labute approximate surface area is 208 Å². The number of hydrogen-bond donors (Lipinski definition) is 0. The lowest BCUT2D eigenvalue weighted by Gasteiger charge is -2.25. The highest BCUT2D eigenvalue weighted by Gasteiger charge is 2.35. The second kappa shape index (κ2) is 9.56. The number of benzene rings is 2. The highest BCUT2D eigenvalue weighted by atomic mass is 32.1. The number of carbonyl (C=O) groups excluding carboxylic acids is 1. The van der Waals surface area contributed by atoms with Crippen molar-refractivity contribution in [1.29, 1.82) is 0 Å². The normalized spacial score (nSPS) is 15.6. The Hall–Kier alpha value is -3.62. The number of halogens is 1. The maximum Gasteiger partial charge on any atom is 0.338 e. The largest absolute Gasteiger partial charge is 0.463 e. The fourth-order valence-electron chi connectivity index (χ4n) is 4.05. The van der Waals surface area contributed by atoms with Crippen molar-refractivity contribution in [3.8, 4) is 0 Å². The van der Waals surface area contributed by atoms with Crippen molar-refractivity contribution in [2.75, 3.05) is 6.61 Å². The molecule has 1 aliphatic heterocycles. The van der Waals surface area contributed by atoms with Gasteiger partial charge >= 0.3 is 5.97 Å². The first-order valence-electron chi connectivity index (χ1n) is 11.1. The summed E-state index contributed by atoms with van der Waals surface area (Å²) in [7, 11) is 0. The van der Waals surface area contributed by atoms with Gasteiger partial charge in [0.2, 0.25) is 0 Å². The molecule has 1 unspecified atom stereocenters. The molecule has 3 heterocycles. The first-order chi connectivity index (χ1) is 17.0. The van der Waals surface area contributed by atoms with Crippen LogP contribution in [0.1, 0.15) is 34.5 Å². The summed E-state index contributed by atoms with van der Waals surface area (Å²) in [4.78, 5) is 33.3. The third kappa shape index (κ3) is 4.31. The van der Waals surface area contributed by atoms with E-state index in [0.29, 0.717) is 20.6 Å². The number of esters is 1. The van der Waals surface area contributed by atoms with Crippen LogP contribution in [0.5, 0.6) is 0 Å². The molecule has 35 heavy (non-hydrogen) atoms. The molecule has 0 radical (unpaired) electrons. The van der Waals surface area contributed by atoms with Gasteiger partial charge in [-0.15, -0.1) is 11.3 Å². The molecule has 0 N–H and O–H groups in total. The summed E-state index contributed by atoms with van der Waals surface area (Å²) in [6.45, 7) is 3.89. The Kier molecular flexibility index (Phi) is 6.32. The van der Waals surface area contributed by atoms with Crippen molar-refractivity contribution in [1.82, 2.24) is 4.57 Å². The predicted octanol–water partition coefficient (Wildman–Crippen LogP) is 4.44. The first kappa shape index (κ1) is 23.1. The number of fused-ring (bicyclic) bond motifs is 1. The number of nitrogens with zero attached hydrogens (tertiary/aromatic N) is 2. The van der Waals surface area contributed by atoms with Crippen LogP contribution in [0.4, 0.5) is 4.39 Å². The molecule has 4 aromatic rings. The number of hydrogen-bond acceptors (Lipinski definition) is 6. The zero-order valence-corrected chi connectivity index (χ0v) is 20.7. The Bertz CT molecular complexity index is 1610. The Balaban J connectivity index is 1.85. The highest BCUT2D eigenvalue weighted by molar-refractivity contribution is 7.11. The lowest BCUT2D eigenvalue weighted by atomic mass is 9.93. The number of carbonyl (C=O) groups is 1. The lowest BCUT2D eigenvalue weighted by Crippen LogP contribution is -2.40. The SMILES string of the molecule is CCOC(=O)C1=C(c2ccccc2)N=c2s/c(=C/c3sccc3C)c(=O)n2C1c1ccc(F)cc1. The summed E-state index contributed by atoms with van der Waals surface area (Å²) in [5.74, 6) is -0.966. The van der Waals surface area contributed by atoms with Crippen molar-refractivity contribution >= 4 is 40.4 Å². The summed E-state index contributed by atoms with van der Waals surface area (Å²) in [6, 6.07) is 16.4. The van der Waals surface area contributed by atoms with Gasteiger partial charge in [-0.3, -0.25) is 9.36 Å². The van der Waals surface area contributed by atoms with Crippen LogP contribution in [0, 0.1) is 12.7 Å². The average Bonchev–Trinajstić information content (AvgIpc) is 3.41. The molecule has 0 fully saturated rings. The van der Waals surface area contributed by atoms with Crippen LogP contribution >= 0.6 is 22.7 Å². The van der Waals surface area contributed by atoms with E-state index in [1.807, 2.05) is 54.8 Å². The summed E-state index contributed by atoms with van der Waals surface area (Å²) >= 11 is 2.82. The van der Waals surface area contributed by atoms with E-state index in [1.165, 1.54) is 28.0 Å². The van der Waals surface area contributed by atoms with Crippen molar-refractivity contribution in [3.63, 3.8) is 0 Å². The second-order valence-corrected chi connectivity index (χ2v) is 9.91. The summed E-state index contributed by atoms with van der Waals surface area (Å²) in [5, 5.41) is 1.98. The molecule has 0 amide bonds. The lowest BCUT2D eigenvalue weighted by molar-refractivity contribution is -0.138.